The first kappa shape index (κ1) is 14.3. The smallest absolute Gasteiger partial charge is 0.320 e. The molecule has 112 valence electrons. The van der Waals surface area contributed by atoms with Gasteiger partial charge in [0.2, 0.25) is 0 Å². The Labute approximate surface area is 124 Å². The minimum atomic E-state index is -3.71. The van der Waals surface area contributed by atoms with Crippen LogP contribution in [0.2, 0.25) is 0 Å². The quantitative estimate of drug-likeness (QED) is 0.919. The van der Waals surface area contributed by atoms with Gasteiger partial charge in [-0.2, -0.15) is 0 Å². The monoisotopic (exact) mass is 306 g/mol. The van der Waals surface area contributed by atoms with Gasteiger partial charge in [0, 0.05) is 13.0 Å². The molecule has 0 spiro atoms. The Morgan fingerprint density at radius 3 is 2.57 bits per heavy atom. The molecule has 0 unspecified atom stereocenters. The highest BCUT2D eigenvalue weighted by Gasteiger charge is 2.29. The third kappa shape index (κ3) is 2.38. The van der Waals surface area contributed by atoms with Crippen molar-refractivity contribution in [2.24, 2.45) is 0 Å². The molecule has 2 heterocycles. The van der Waals surface area contributed by atoms with Gasteiger partial charge in [0.05, 0.1) is 17.1 Å². The standard InChI is InChI=1S/C15H18N2O3S/c1-9-6-11(3)14(7-10(9)2)21(18,19)15-17-12-4-5-16-8-13(12)20-15/h6-7,16H,4-5,8H2,1-3H3. The second kappa shape index (κ2) is 4.96. The van der Waals surface area contributed by atoms with Gasteiger partial charge in [-0.05, 0) is 43.5 Å². The van der Waals surface area contributed by atoms with Gasteiger partial charge in [0.1, 0.15) is 5.76 Å². The van der Waals surface area contributed by atoms with Crippen molar-refractivity contribution in [2.75, 3.05) is 6.54 Å². The zero-order valence-electron chi connectivity index (χ0n) is 12.4. The lowest BCUT2D eigenvalue weighted by molar-refractivity contribution is 0.384. The summed E-state index contributed by atoms with van der Waals surface area (Å²) in [4.78, 5) is 4.47. The zero-order valence-corrected chi connectivity index (χ0v) is 13.2. The van der Waals surface area contributed by atoms with Crippen molar-refractivity contribution in [1.82, 2.24) is 10.3 Å². The highest BCUT2D eigenvalue weighted by molar-refractivity contribution is 7.91. The summed E-state index contributed by atoms with van der Waals surface area (Å²) in [5.74, 6) is 0.626. The van der Waals surface area contributed by atoms with Crippen molar-refractivity contribution in [2.45, 2.75) is 43.9 Å². The van der Waals surface area contributed by atoms with Crippen molar-refractivity contribution in [3.8, 4) is 0 Å². The maximum absolute atomic E-state index is 12.8. The molecule has 3 rings (SSSR count). The van der Waals surface area contributed by atoms with Crippen LogP contribution in [0.4, 0.5) is 0 Å². The molecule has 0 bridgehead atoms. The van der Waals surface area contributed by atoms with E-state index in [2.05, 4.69) is 10.3 Å². The van der Waals surface area contributed by atoms with Crippen LogP contribution < -0.4 is 5.32 Å². The molecule has 0 atom stereocenters. The number of nitrogens with one attached hydrogen (secondary N) is 1. The fraction of sp³-hybridized carbons (Fsp3) is 0.400. The molecule has 1 aliphatic rings. The summed E-state index contributed by atoms with van der Waals surface area (Å²) in [6.45, 7) is 6.99. The van der Waals surface area contributed by atoms with Gasteiger partial charge in [-0.1, -0.05) is 6.07 Å². The van der Waals surface area contributed by atoms with Gasteiger partial charge < -0.3 is 9.73 Å². The number of aryl methyl sites for hydroxylation is 3. The lowest BCUT2D eigenvalue weighted by Gasteiger charge is -2.08. The minimum absolute atomic E-state index is 0.192. The van der Waals surface area contributed by atoms with Gasteiger partial charge in [0.25, 0.3) is 9.84 Å². The van der Waals surface area contributed by atoms with E-state index in [-0.39, 0.29) is 10.1 Å². The first-order valence-electron chi connectivity index (χ1n) is 6.92. The zero-order chi connectivity index (χ0) is 15.2. The summed E-state index contributed by atoms with van der Waals surface area (Å²) in [7, 11) is -3.71. The maximum atomic E-state index is 12.8. The van der Waals surface area contributed by atoms with Crippen molar-refractivity contribution >= 4 is 9.84 Å². The molecule has 0 saturated heterocycles. The van der Waals surface area contributed by atoms with E-state index in [1.54, 1.807) is 13.0 Å². The predicted molar refractivity (Wildman–Crippen MR) is 78.0 cm³/mol. The summed E-state index contributed by atoms with van der Waals surface area (Å²) in [5.41, 5.74) is 3.47. The minimum Gasteiger partial charge on any atom is -0.431 e. The number of oxazole rings is 1. The van der Waals surface area contributed by atoms with Crippen LogP contribution in [0, 0.1) is 20.8 Å². The summed E-state index contributed by atoms with van der Waals surface area (Å²) in [6.07, 6.45) is 0.695. The number of benzene rings is 1. The molecule has 0 radical (unpaired) electrons. The van der Waals surface area contributed by atoms with E-state index in [4.69, 9.17) is 4.42 Å². The molecule has 1 N–H and O–H groups in total. The van der Waals surface area contributed by atoms with Gasteiger partial charge in [-0.15, -0.1) is 0 Å². The van der Waals surface area contributed by atoms with E-state index in [0.29, 0.717) is 24.3 Å². The van der Waals surface area contributed by atoms with Gasteiger partial charge in [-0.25, -0.2) is 13.4 Å². The van der Waals surface area contributed by atoms with E-state index in [0.717, 1.165) is 23.4 Å². The molecule has 0 amide bonds. The number of nitrogens with zero attached hydrogens (tertiary/aromatic N) is 1. The van der Waals surface area contributed by atoms with E-state index >= 15 is 0 Å². The molecule has 2 aromatic rings. The lowest BCUT2D eigenvalue weighted by atomic mass is 10.1. The Morgan fingerprint density at radius 2 is 1.86 bits per heavy atom. The molecule has 21 heavy (non-hydrogen) atoms. The number of sulfone groups is 1. The van der Waals surface area contributed by atoms with Crippen LogP contribution in [-0.4, -0.2) is 19.9 Å². The third-order valence-corrected chi connectivity index (χ3v) is 5.55. The average molecular weight is 306 g/mol. The molecule has 1 aromatic heterocycles. The lowest BCUT2D eigenvalue weighted by Crippen LogP contribution is -2.22. The Balaban J connectivity index is 2.12. The maximum Gasteiger partial charge on any atom is 0.320 e. The van der Waals surface area contributed by atoms with Crippen LogP contribution >= 0.6 is 0 Å². The fourth-order valence-electron chi connectivity index (χ4n) is 2.53. The normalized spacial score (nSPS) is 15.0. The molecular weight excluding hydrogens is 288 g/mol. The van der Waals surface area contributed by atoms with Crippen molar-refractivity contribution in [3.63, 3.8) is 0 Å². The summed E-state index contributed by atoms with van der Waals surface area (Å²) in [5, 5.41) is 2.95. The Kier molecular flexibility index (Phi) is 3.37. The number of hydrogen-bond donors (Lipinski definition) is 1. The molecule has 5 nitrogen and oxygen atoms in total. The number of rotatable bonds is 2. The van der Waals surface area contributed by atoms with Gasteiger partial charge in [0.15, 0.2) is 0 Å². The Bertz CT molecular complexity index is 783. The highest BCUT2D eigenvalue weighted by Crippen LogP contribution is 2.28. The second-order valence-corrected chi connectivity index (χ2v) is 7.28. The molecule has 0 saturated carbocycles. The van der Waals surface area contributed by atoms with Crippen molar-refractivity contribution in [1.29, 1.82) is 0 Å². The summed E-state index contributed by atoms with van der Waals surface area (Å²) >= 11 is 0. The SMILES string of the molecule is Cc1cc(C)c(S(=O)(=O)c2nc3c(o2)CNCC3)cc1C. The molecule has 0 aliphatic carbocycles. The first-order valence-corrected chi connectivity index (χ1v) is 8.40. The fourth-order valence-corrected chi connectivity index (χ4v) is 3.98. The van der Waals surface area contributed by atoms with Crippen LogP contribution in [0.15, 0.2) is 26.7 Å². The van der Waals surface area contributed by atoms with Gasteiger partial charge in [-0.3, -0.25) is 0 Å². The molecule has 1 aromatic carbocycles. The van der Waals surface area contributed by atoms with Crippen LogP contribution in [0.3, 0.4) is 0 Å². The molecule has 0 fully saturated rings. The average Bonchev–Trinajstić information content (AvgIpc) is 2.87. The summed E-state index contributed by atoms with van der Waals surface area (Å²) in [6, 6.07) is 3.58. The summed E-state index contributed by atoms with van der Waals surface area (Å²) < 4.78 is 31.0. The molecule has 1 aliphatic heterocycles. The molecular formula is C15H18N2O3S. The van der Waals surface area contributed by atoms with Crippen molar-refractivity contribution in [3.05, 3.63) is 40.3 Å². The topological polar surface area (TPSA) is 72.2 Å². The second-order valence-electron chi connectivity index (χ2n) is 5.48. The Hall–Kier alpha value is -1.66. The van der Waals surface area contributed by atoms with Gasteiger partial charge >= 0.3 is 5.22 Å². The number of hydrogen-bond acceptors (Lipinski definition) is 5. The van der Waals surface area contributed by atoms with Crippen LogP contribution in [-0.2, 0) is 22.8 Å². The van der Waals surface area contributed by atoms with E-state index in [9.17, 15) is 8.42 Å². The largest absolute Gasteiger partial charge is 0.431 e. The van der Waals surface area contributed by atoms with E-state index in [1.807, 2.05) is 19.9 Å². The first-order chi connectivity index (χ1) is 9.89. The Morgan fingerprint density at radius 1 is 1.14 bits per heavy atom. The van der Waals surface area contributed by atoms with Crippen LogP contribution in [0.25, 0.3) is 0 Å². The molecule has 6 heteroatoms. The van der Waals surface area contributed by atoms with Crippen molar-refractivity contribution < 1.29 is 12.8 Å². The van der Waals surface area contributed by atoms with Crippen LogP contribution in [0.1, 0.15) is 28.1 Å². The predicted octanol–water partition coefficient (Wildman–Crippen LogP) is 2.08. The van der Waals surface area contributed by atoms with E-state index < -0.39 is 9.84 Å². The third-order valence-electron chi connectivity index (χ3n) is 3.89. The highest BCUT2D eigenvalue weighted by atomic mass is 32.2. The number of aromatic nitrogens is 1. The number of fused-ring (bicyclic) bond motifs is 1. The van der Waals surface area contributed by atoms with E-state index in [1.165, 1.54) is 0 Å². The van der Waals surface area contributed by atoms with Crippen LogP contribution in [0.5, 0.6) is 0 Å².